The maximum absolute atomic E-state index is 3.52. The Hall–Kier alpha value is -0.0800. The van der Waals surface area contributed by atoms with Gasteiger partial charge in [0, 0.05) is 12.6 Å². The molecule has 1 aliphatic heterocycles. The van der Waals surface area contributed by atoms with E-state index in [9.17, 15) is 0 Å². The quantitative estimate of drug-likeness (QED) is 0.747. The first-order valence-electron chi connectivity index (χ1n) is 6.72. The molecule has 2 aliphatic rings. The molecule has 0 aromatic rings. The zero-order chi connectivity index (χ0) is 10.7. The Morgan fingerprint density at radius 1 is 1.33 bits per heavy atom. The third-order valence-corrected chi connectivity index (χ3v) is 4.10. The summed E-state index contributed by atoms with van der Waals surface area (Å²) in [5.41, 5.74) is 0. The molecule has 2 nitrogen and oxygen atoms in total. The van der Waals surface area contributed by atoms with Crippen LogP contribution in [-0.4, -0.2) is 37.6 Å². The van der Waals surface area contributed by atoms with Gasteiger partial charge in [-0.15, -0.1) is 0 Å². The van der Waals surface area contributed by atoms with Gasteiger partial charge in [-0.1, -0.05) is 6.92 Å². The summed E-state index contributed by atoms with van der Waals surface area (Å²) in [5.74, 6) is 1.92. The molecule has 88 valence electrons. The Morgan fingerprint density at radius 2 is 2.13 bits per heavy atom. The van der Waals surface area contributed by atoms with Crippen LogP contribution in [0.3, 0.4) is 0 Å². The first kappa shape index (κ1) is 11.4. The molecule has 2 atom stereocenters. The van der Waals surface area contributed by atoms with E-state index in [4.69, 9.17) is 0 Å². The SMILES string of the molecule is CCC(C1CC1)N(C)CC1CCCNC1. The first-order chi connectivity index (χ1) is 7.31. The Bertz CT molecular complexity index is 183. The monoisotopic (exact) mass is 210 g/mol. The van der Waals surface area contributed by atoms with Crippen LogP contribution in [0, 0.1) is 11.8 Å². The van der Waals surface area contributed by atoms with E-state index < -0.39 is 0 Å². The summed E-state index contributed by atoms with van der Waals surface area (Å²) in [5, 5.41) is 3.52. The molecule has 0 spiro atoms. The van der Waals surface area contributed by atoms with Crippen molar-refractivity contribution in [3.63, 3.8) is 0 Å². The molecule has 0 radical (unpaired) electrons. The molecule has 15 heavy (non-hydrogen) atoms. The van der Waals surface area contributed by atoms with Crippen molar-refractivity contribution in [2.24, 2.45) is 11.8 Å². The average molecular weight is 210 g/mol. The van der Waals surface area contributed by atoms with E-state index in [1.807, 2.05) is 0 Å². The van der Waals surface area contributed by atoms with Crippen molar-refractivity contribution < 1.29 is 0 Å². The first-order valence-corrected chi connectivity index (χ1v) is 6.72. The van der Waals surface area contributed by atoms with E-state index in [1.165, 1.54) is 51.7 Å². The van der Waals surface area contributed by atoms with Crippen LogP contribution < -0.4 is 5.32 Å². The highest BCUT2D eigenvalue weighted by Gasteiger charge is 2.33. The summed E-state index contributed by atoms with van der Waals surface area (Å²) in [6.07, 6.45) is 7.09. The Kier molecular flexibility index (Phi) is 4.04. The van der Waals surface area contributed by atoms with Gasteiger partial charge in [-0.2, -0.15) is 0 Å². The second-order valence-corrected chi connectivity index (χ2v) is 5.46. The zero-order valence-corrected chi connectivity index (χ0v) is 10.3. The number of piperidine rings is 1. The summed E-state index contributed by atoms with van der Waals surface area (Å²) in [4.78, 5) is 2.63. The van der Waals surface area contributed by atoms with Gasteiger partial charge >= 0.3 is 0 Å². The van der Waals surface area contributed by atoms with Crippen LogP contribution in [0.4, 0.5) is 0 Å². The van der Waals surface area contributed by atoms with Crippen molar-refractivity contribution in [3.05, 3.63) is 0 Å². The number of hydrogen-bond donors (Lipinski definition) is 1. The fraction of sp³-hybridized carbons (Fsp3) is 1.00. The lowest BCUT2D eigenvalue weighted by Gasteiger charge is -2.32. The molecule has 2 heteroatoms. The van der Waals surface area contributed by atoms with E-state index in [-0.39, 0.29) is 0 Å². The normalized spacial score (nSPS) is 29.4. The third-order valence-electron chi connectivity index (χ3n) is 4.10. The molecule has 2 unspecified atom stereocenters. The second-order valence-electron chi connectivity index (χ2n) is 5.46. The predicted molar refractivity (Wildman–Crippen MR) is 65.0 cm³/mol. The standard InChI is InChI=1S/C13H26N2/c1-3-13(12-6-7-12)15(2)10-11-5-4-8-14-9-11/h11-14H,3-10H2,1-2H3. The smallest absolute Gasteiger partial charge is 0.0118 e. The van der Waals surface area contributed by atoms with Crippen LogP contribution in [0.1, 0.15) is 39.0 Å². The Balaban J connectivity index is 1.75. The van der Waals surface area contributed by atoms with Crippen molar-refractivity contribution in [1.82, 2.24) is 10.2 Å². The third kappa shape index (κ3) is 3.18. The number of hydrogen-bond acceptors (Lipinski definition) is 2. The largest absolute Gasteiger partial charge is 0.316 e. The molecular weight excluding hydrogens is 184 g/mol. The molecule has 2 fully saturated rings. The van der Waals surface area contributed by atoms with E-state index >= 15 is 0 Å². The van der Waals surface area contributed by atoms with Gasteiger partial charge in [-0.25, -0.2) is 0 Å². The van der Waals surface area contributed by atoms with Gasteiger partial charge in [0.05, 0.1) is 0 Å². The molecule has 1 saturated heterocycles. The highest BCUT2D eigenvalue weighted by Crippen LogP contribution is 2.36. The predicted octanol–water partition coefficient (Wildman–Crippen LogP) is 2.11. The van der Waals surface area contributed by atoms with Gasteiger partial charge in [-0.05, 0) is 64.1 Å². The Morgan fingerprint density at radius 3 is 2.67 bits per heavy atom. The van der Waals surface area contributed by atoms with Crippen molar-refractivity contribution in [3.8, 4) is 0 Å². The summed E-state index contributed by atoms with van der Waals surface area (Å²) in [7, 11) is 2.33. The summed E-state index contributed by atoms with van der Waals surface area (Å²) >= 11 is 0. The van der Waals surface area contributed by atoms with Crippen molar-refractivity contribution in [2.75, 3.05) is 26.7 Å². The number of nitrogens with zero attached hydrogens (tertiary/aromatic N) is 1. The van der Waals surface area contributed by atoms with Crippen LogP contribution in [0.25, 0.3) is 0 Å². The van der Waals surface area contributed by atoms with Gasteiger partial charge in [0.1, 0.15) is 0 Å². The molecule has 0 aromatic carbocycles. The molecule has 1 heterocycles. The molecule has 2 rings (SSSR count). The second kappa shape index (κ2) is 5.31. The molecule has 0 amide bonds. The van der Waals surface area contributed by atoms with Crippen LogP contribution in [0.15, 0.2) is 0 Å². The zero-order valence-electron chi connectivity index (χ0n) is 10.3. The maximum Gasteiger partial charge on any atom is 0.0118 e. The summed E-state index contributed by atoms with van der Waals surface area (Å²) in [6.45, 7) is 6.13. The summed E-state index contributed by atoms with van der Waals surface area (Å²) in [6, 6.07) is 0.868. The number of rotatable bonds is 5. The lowest BCUT2D eigenvalue weighted by Crippen LogP contribution is -2.41. The van der Waals surface area contributed by atoms with Crippen molar-refractivity contribution in [1.29, 1.82) is 0 Å². The number of nitrogens with one attached hydrogen (secondary N) is 1. The van der Waals surface area contributed by atoms with Gasteiger partial charge in [-0.3, -0.25) is 0 Å². The topological polar surface area (TPSA) is 15.3 Å². The van der Waals surface area contributed by atoms with Crippen LogP contribution >= 0.6 is 0 Å². The molecule has 0 aromatic heterocycles. The van der Waals surface area contributed by atoms with Gasteiger partial charge in [0.15, 0.2) is 0 Å². The minimum Gasteiger partial charge on any atom is -0.316 e. The van der Waals surface area contributed by atoms with Crippen molar-refractivity contribution >= 4 is 0 Å². The van der Waals surface area contributed by atoms with E-state index in [0.717, 1.165) is 17.9 Å². The minimum absolute atomic E-state index is 0.868. The summed E-state index contributed by atoms with van der Waals surface area (Å²) < 4.78 is 0. The Labute approximate surface area is 94.4 Å². The lowest BCUT2D eigenvalue weighted by molar-refractivity contribution is 0.168. The minimum atomic E-state index is 0.868. The molecule has 0 bridgehead atoms. The fourth-order valence-corrected chi connectivity index (χ4v) is 3.11. The van der Waals surface area contributed by atoms with Gasteiger partial charge < -0.3 is 10.2 Å². The maximum atomic E-state index is 3.52. The van der Waals surface area contributed by atoms with E-state index in [2.05, 4.69) is 24.2 Å². The van der Waals surface area contributed by atoms with Gasteiger partial charge in [0.25, 0.3) is 0 Å². The van der Waals surface area contributed by atoms with Gasteiger partial charge in [0.2, 0.25) is 0 Å². The van der Waals surface area contributed by atoms with E-state index in [1.54, 1.807) is 0 Å². The van der Waals surface area contributed by atoms with Crippen LogP contribution in [-0.2, 0) is 0 Å². The lowest BCUT2D eigenvalue weighted by atomic mass is 9.97. The highest BCUT2D eigenvalue weighted by molar-refractivity contribution is 4.87. The fourth-order valence-electron chi connectivity index (χ4n) is 3.11. The molecule has 1 N–H and O–H groups in total. The van der Waals surface area contributed by atoms with Crippen LogP contribution in [0.5, 0.6) is 0 Å². The highest BCUT2D eigenvalue weighted by atomic mass is 15.1. The average Bonchev–Trinajstić information content (AvgIpc) is 3.04. The van der Waals surface area contributed by atoms with E-state index in [0.29, 0.717) is 0 Å². The molecule has 1 saturated carbocycles. The molecular formula is C13H26N2. The van der Waals surface area contributed by atoms with Crippen molar-refractivity contribution in [2.45, 2.75) is 45.1 Å². The molecule has 1 aliphatic carbocycles. The van der Waals surface area contributed by atoms with Crippen LogP contribution in [0.2, 0.25) is 0 Å².